The summed E-state index contributed by atoms with van der Waals surface area (Å²) in [6.07, 6.45) is 6.61. The van der Waals surface area contributed by atoms with E-state index in [0.29, 0.717) is 0 Å². The third-order valence-corrected chi connectivity index (χ3v) is 5.90. The van der Waals surface area contributed by atoms with Gasteiger partial charge in [-0.25, -0.2) is 0 Å². The predicted octanol–water partition coefficient (Wildman–Crippen LogP) is 4.36. The van der Waals surface area contributed by atoms with Gasteiger partial charge < -0.3 is 5.32 Å². The molecule has 2 rings (SSSR count). The molecule has 1 aromatic heterocycles. The van der Waals surface area contributed by atoms with E-state index in [4.69, 9.17) is 0 Å². The summed E-state index contributed by atoms with van der Waals surface area (Å²) in [5.74, 6) is 3.39. The number of nitrogens with one attached hydrogen (secondary N) is 1. The van der Waals surface area contributed by atoms with Gasteiger partial charge in [0.15, 0.2) is 0 Å². The molecule has 0 saturated heterocycles. The lowest BCUT2D eigenvalue weighted by molar-refractivity contribution is 0.255. The van der Waals surface area contributed by atoms with E-state index in [1.54, 1.807) is 0 Å². The maximum absolute atomic E-state index is 3.59. The Kier molecular flexibility index (Phi) is 4.55. The van der Waals surface area contributed by atoms with Gasteiger partial charge in [0.25, 0.3) is 0 Å². The third kappa shape index (κ3) is 3.72. The van der Waals surface area contributed by atoms with Gasteiger partial charge in [-0.1, -0.05) is 44.8 Å². The molecule has 104 valence electrons. The molecular formula is C16H25NSSi. The molecule has 1 fully saturated rings. The van der Waals surface area contributed by atoms with Crippen molar-refractivity contribution in [1.82, 2.24) is 5.32 Å². The second-order valence-corrected chi connectivity index (χ2v) is 12.4. The molecule has 0 radical (unpaired) electrons. The van der Waals surface area contributed by atoms with Gasteiger partial charge >= 0.3 is 0 Å². The lowest BCUT2D eigenvalue weighted by Gasteiger charge is -2.36. The first-order chi connectivity index (χ1) is 8.95. The second kappa shape index (κ2) is 5.83. The normalized spacial score (nSPS) is 18.7. The molecule has 1 aliphatic carbocycles. The second-order valence-electron chi connectivity index (χ2n) is 6.56. The Hall–Kier alpha value is -0.563. The van der Waals surface area contributed by atoms with Crippen molar-refractivity contribution in [2.75, 3.05) is 7.05 Å². The van der Waals surface area contributed by atoms with Crippen molar-refractivity contribution in [2.24, 2.45) is 0 Å². The van der Waals surface area contributed by atoms with E-state index in [-0.39, 0.29) is 5.54 Å². The van der Waals surface area contributed by atoms with Crippen LogP contribution in [0.15, 0.2) is 12.1 Å². The van der Waals surface area contributed by atoms with E-state index in [0.717, 1.165) is 0 Å². The Labute approximate surface area is 122 Å². The van der Waals surface area contributed by atoms with Gasteiger partial charge in [-0.3, -0.25) is 0 Å². The summed E-state index contributed by atoms with van der Waals surface area (Å²) in [7, 11) is 0.842. The van der Waals surface area contributed by atoms with Crippen LogP contribution in [0.25, 0.3) is 0 Å². The van der Waals surface area contributed by atoms with E-state index in [1.807, 2.05) is 11.3 Å². The average molecular weight is 292 g/mol. The van der Waals surface area contributed by atoms with Crippen LogP contribution in [-0.4, -0.2) is 15.1 Å². The molecule has 1 heterocycles. The van der Waals surface area contributed by atoms with Crippen LogP contribution in [0, 0.1) is 11.5 Å². The smallest absolute Gasteiger partial charge is 0.129 e. The van der Waals surface area contributed by atoms with Crippen LogP contribution < -0.4 is 5.32 Å². The van der Waals surface area contributed by atoms with E-state index >= 15 is 0 Å². The zero-order valence-corrected chi connectivity index (χ0v) is 14.4. The maximum atomic E-state index is 3.59. The molecule has 0 aliphatic heterocycles. The van der Waals surface area contributed by atoms with Crippen molar-refractivity contribution in [2.45, 2.75) is 57.3 Å². The lowest BCUT2D eigenvalue weighted by Crippen LogP contribution is -2.40. The van der Waals surface area contributed by atoms with Crippen molar-refractivity contribution in [3.05, 3.63) is 21.9 Å². The van der Waals surface area contributed by atoms with Gasteiger partial charge in [-0.15, -0.1) is 16.9 Å². The van der Waals surface area contributed by atoms with Crippen molar-refractivity contribution >= 4 is 19.4 Å². The molecule has 19 heavy (non-hydrogen) atoms. The average Bonchev–Trinajstić information content (AvgIpc) is 2.86. The zero-order chi connectivity index (χ0) is 13.9. The van der Waals surface area contributed by atoms with Crippen LogP contribution in [0.4, 0.5) is 0 Å². The Bertz CT molecular complexity index is 481. The van der Waals surface area contributed by atoms with E-state index in [9.17, 15) is 0 Å². The number of hydrogen-bond acceptors (Lipinski definition) is 2. The highest BCUT2D eigenvalue weighted by atomic mass is 32.1. The topological polar surface area (TPSA) is 12.0 Å². The lowest BCUT2D eigenvalue weighted by atomic mass is 9.81. The standard InChI is InChI=1S/C16H25NSSi/c1-17-16(11-6-5-7-12-16)15-9-8-14(18-15)10-13-19(2,3)4/h8-9,17H,5-7,11-12H2,1-4H3. The molecule has 0 unspecified atom stereocenters. The van der Waals surface area contributed by atoms with Crippen LogP contribution in [0.5, 0.6) is 0 Å². The molecule has 1 aromatic rings. The minimum atomic E-state index is -1.27. The molecule has 0 atom stereocenters. The maximum Gasteiger partial charge on any atom is 0.129 e. The fourth-order valence-electron chi connectivity index (χ4n) is 2.69. The summed E-state index contributed by atoms with van der Waals surface area (Å²) in [6.45, 7) is 6.89. The van der Waals surface area contributed by atoms with Crippen LogP contribution in [0.3, 0.4) is 0 Å². The minimum Gasteiger partial charge on any atom is -0.310 e. The van der Waals surface area contributed by atoms with E-state index in [2.05, 4.69) is 55.6 Å². The van der Waals surface area contributed by atoms with Crippen molar-refractivity contribution in [3.8, 4) is 11.5 Å². The summed E-state index contributed by atoms with van der Waals surface area (Å²) < 4.78 is 0. The molecule has 0 amide bonds. The highest BCUT2D eigenvalue weighted by Crippen LogP contribution is 2.39. The Morgan fingerprint density at radius 1 is 1.16 bits per heavy atom. The quantitative estimate of drug-likeness (QED) is 0.631. The van der Waals surface area contributed by atoms with E-state index in [1.165, 1.54) is 41.9 Å². The van der Waals surface area contributed by atoms with Crippen molar-refractivity contribution in [1.29, 1.82) is 0 Å². The van der Waals surface area contributed by atoms with Crippen molar-refractivity contribution < 1.29 is 0 Å². The molecule has 1 saturated carbocycles. The Balaban J connectivity index is 2.21. The number of thiophene rings is 1. The summed E-state index contributed by atoms with van der Waals surface area (Å²) >= 11 is 1.89. The Morgan fingerprint density at radius 2 is 1.84 bits per heavy atom. The van der Waals surface area contributed by atoms with Crippen LogP contribution in [0.2, 0.25) is 19.6 Å². The first kappa shape index (κ1) is 14.8. The van der Waals surface area contributed by atoms with Gasteiger partial charge in [0, 0.05) is 4.88 Å². The van der Waals surface area contributed by atoms with Gasteiger partial charge in [0.2, 0.25) is 0 Å². The fraction of sp³-hybridized carbons (Fsp3) is 0.625. The van der Waals surface area contributed by atoms with Gasteiger partial charge in [-0.05, 0) is 32.0 Å². The van der Waals surface area contributed by atoms with Gasteiger partial charge in [0.05, 0.1) is 10.4 Å². The predicted molar refractivity (Wildman–Crippen MR) is 88.4 cm³/mol. The molecular weight excluding hydrogens is 266 g/mol. The SMILES string of the molecule is CNC1(c2ccc(C#C[Si](C)(C)C)s2)CCCCC1. The highest BCUT2D eigenvalue weighted by molar-refractivity contribution is 7.12. The zero-order valence-electron chi connectivity index (χ0n) is 12.6. The molecule has 1 aliphatic rings. The molecule has 0 aromatic carbocycles. The van der Waals surface area contributed by atoms with Crippen LogP contribution >= 0.6 is 11.3 Å². The van der Waals surface area contributed by atoms with Crippen LogP contribution in [0.1, 0.15) is 41.9 Å². The number of hydrogen-bond donors (Lipinski definition) is 1. The number of rotatable bonds is 2. The van der Waals surface area contributed by atoms with E-state index < -0.39 is 8.07 Å². The third-order valence-electron chi connectivity index (χ3n) is 3.82. The highest BCUT2D eigenvalue weighted by Gasteiger charge is 2.33. The first-order valence-electron chi connectivity index (χ1n) is 7.28. The fourth-order valence-corrected chi connectivity index (χ4v) is 4.40. The molecule has 0 spiro atoms. The molecule has 1 nitrogen and oxygen atoms in total. The Morgan fingerprint density at radius 3 is 2.42 bits per heavy atom. The monoisotopic (exact) mass is 291 g/mol. The summed E-state index contributed by atoms with van der Waals surface area (Å²) in [5.41, 5.74) is 3.69. The minimum absolute atomic E-state index is 0.224. The molecule has 3 heteroatoms. The summed E-state index contributed by atoms with van der Waals surface area (Å²) in [5, 5.41) is 3.59. The largest absolute Gasteiger partial charge is 0.310 e. The first-order valence-corrected chi connectivity index (χ1v) is 11.6. The van der Waals surface area contributed by atoms with Gasteiger partial charge in [0.1, 0.15) is 8.07 Å². The molecule has 0 bridgehead atoms. The van der Waals surface area contributed by atoms with Crippen molar-refractivity contribution in [3.63, 3.8) is 0 Å². The molecule has 1 N–H and O–H groups in total. The van der Waals surface area contributed by atoms with Crippen LogP contribution in [-0.2, 0) is 5.54 Å². The van der Waals surface area contributed by atoms with Gasteiger partial charge in [-0.2, -0.15) is 0 Å². The summed E-state index contributed by atoms with van der Waals surface area (Å²) in [4.78, 5) is 2.71. The summed E-state index contributed by atoms with van der Waals surface area (Å²) in [6, 6.07) is 4.50.